The molecule has 2 aromatic rings. The molecule has 2 aromatic carbocycles. The lowest BCUT2D eigenvalue weighted by Crippen LogP contribution is -1.99. The molecule has 0 aliphatic rings. The van der Waals surface area contributed by atoms with Crippen LogP contribution in [0.5, 0.6) is 5.75 Å². The highest BCUT2D eigenvalue weighted by Crippen LogP contribution is 2.36. The summed E-state index contributed by atoms with van der Waals surface area (Å²) in [6, 6.07) is 10.7. The van der Waals surface area contributed by atoms with Crippen LogP contribution in [0.2, 0.25) is 0 Å². The molecule has 7 heteroatoms. The van der Waals surface area contributed by atoms with E-state index < -0.39 is 10.9 Å². The van der Waals surface area contributed by atoms with Crippen molar-refractivity contribution in [1.29, 1.82) is 0 Å². The number of nitro benzene ring substituents is 1. The lowest BCUT2D eigenvalue weighted by molar-refractivity contribution is -0.387. The minimum absolute atomic E-state index is 0.126. The zero-order chi connectivity index (χ0) is 16.8. The minimum Gasteiger partial charge on any atom is -0.481 e. The van der Waals surface area contributed by atoms with Crippen LogP contribution >= 0.6 is 11.8 Å². The zero-order valence-corrected chi connectivity index (χ0v) is 12.6. The van der Waals surface area contributed by atoms with Gasteiger partial charge in [0.1, 0.15) is 12.4 Å². The van der Waals surface area contributed by atoms with Gasteiger partial charge in [-0.05, 0) is 36.4 Å². The van der Waals surface area contributed by atoms with Gasteiger partial charge in [-0.2, -0.15) is 0 Å². The molecule has 0 amide bonds. The quantitative estimate of drug-likeness (QED) is 0.496. The number of benzene rings is 2. The Labute approximate surface area is 136 Å². The Morgan fingerprint density at radius 3 is 2.57 bits per heavy atom. The van der Waals surface area contributed by atoms with Crippen LogP contribution in [0.1, 0.15) is 10.4 Å². The normalized spacial score (nSPS) is 9.87. The predicted octanol–water partition coefficient (Wildman–Crippen LogP) is 3.46. The van der Waals surface area contributed by atoms with Gasteiger partial charge in [-0.15, -0.1) is 6.42 Å². The second-order valence-electron chi connectivity index (χ2n) is 4.31. The maximum atomic E-state index is 11.1. The van der Waals surface area contributed by atoms with Gasteiger partial charge < -0.3 is 9.84 Å². The van der Waals surface area contributed by atoms with Gasteiger partial charge in [0.15, 0.2) is 0 Å². The molecule has 0 bridgehead atoms. The van der Waals surface area contributed by atoms with E-state index in [4.69, 9.17) is 16.3 Å². The third-order valence-corrected chi connectivity index (χ3v) is 3.85. The topological polar surface area (TPSA) is 89.7 Å². The maximum absolute atomic E-state index is 11.1. The summed E-state index contributed by atoms with van der Waals surface area (Å²) in [6.45, 7) is 0.161. The van der Waals surface area contributed by atoms with E-state index in [1.54, 1.807) is 24.3 Å². The average molecular weight is 329 g/mol. The SMILES string of the molecule is C#CCOc1ccc(Sc2ccc(C(=O)O)cc2[N+](=O)[O-])cc1. The number of rotatable bonds is 6. The van der Waals surface area contributed by atoms with Crippen LogP contribution < -0.4 is 4.74 Å². The molecule has 23 heavy (non-hydrogen) atoms. The highest BCUT2D eigenvalue weighted by molar-refractivity contribution is 7.99. The van der Waals surface area contributed by atoms with Crippen molar-refractivity contribution in [3.8, 4) is 18.1 Å². The zero-order valence-electron chi connectivity index (χ0n) is 11.8. The van der Waals surface area contributed by atoms with Gasteiger partial charge in [0, 0.05) is 11.0 Å². The van der Waals surface area contributed by atoms with E-state index in [2.05, 4.69) is 5.92 Å². The van der Waals surface area contributed by atoms with Crippen molar-refractivity contribution in [3.63, 3.8) is 0 Å². The van der Waals surface area contributed by atoms with Gasteiger partial charge >= 0.3 is 5.97 Å². The molecular formula is C16H11NO5S. The van der Waals surface area contributed by atoms with E-state index in [1.165, 1.54) is 23.9 Å². The van der Waals surface area contributed by atoms with Gasteiger partial charge in [-0.25, -0.2) is 4.79 Å². The molecule has 0 atom stereocenters. The molecule has 0 saturated heterocycles. The van der Waals surface area contributed by atoms with Gasteiger partial charge in [0.05, 0.1) is 15.4 Å². The first-order chi connectivity index (χ1) is 11.0. The van der Waals surface area contributed by atoms with Crippen LogP contribution in [0, 0.1) is 22.5 Å². The molecule has 0 aliphatic carbocycles. The number of hydrogen-bond donors (Lipinski definition) is 1. The number of aromatic carboxylic acids is 1. The molecule has 0 heterocycles. The minimum atomic E-state index is -1.21. The Balaban J connectivity index is 2.24. The van der Waals surface area contributed by atoms with Crippen molar-refractivity contribution in [2.75, 3.05) is 6.61 Å². The second kappa shape index (κ2) is 7.33. The number of nitrogens with zero attached hydrogens (tertiary/aromatic N) is 1. The maximum Gasteiger partial charge on any atom is 0.335 e. The van der Waals surface area contributed by atoms with Crippen LogP contribution in [0.25, 0.3) is 0 Å². The van der Waals surface area contributed by atoms with E-state index in [-0.39, 0.29) is 17.9 Å². The summed E-state index contributed by atoms with van der Waals surface area (Å²) in [5.74, 6) is 1.75. The average Bonchev–Trinajstić information content (AvgIpc) is 2.54. The summed E-state index contributed by atoms with van der Waals surface area (Å²) >= 11 is 1.17. The molecule has 0 saturated carbocycles. The number of carboxylic acid groups (broad SMARTS) is 1. The Kier molecular flexibility index (Phi) is 5.23. The summed E-state index contributed by atoms with van der Waals surface area (Å²) in [5.41, 5.74) is -0.373. The smallest absolute Gasteiger partial charge is 0.335 e. The summed E-state index contributed by atoms with van der Waals surface area (Å²) in [4.78, 5) is 22.5. The number of hydrogen-bond acceptors (Lipinski definition) is 5. The number of carbonyl (C=O) groups is 1. The lowest BCUT2D eigenvalue weighted by atomic mass is 10.2. The highest BCUT2D eigenvalue weighted by atomic mass is 32.2. The van der Waals surface area contributed by atoms with Crippen molar-refractivity contribution >= 4 is 23.4 Å². The van der Waals surface area contributed by atoms with Crippen molar-refractivity contribution < 1.29 is 19.6 Å². The Bertz CT molecular complexity index is 780. The first-order valence-electron chi connectivity index (χ1n) is 6.37. The third-order valence-electron chi connectivity index (χ3n) is 2.78. The molecule has 116 valence electrons. The molecule has 0 fully saturated rings. The standard InChI is InChI=1S/C16H11NO5S/c1-2-9-22-12-4-6-13(7-5-12)23-15-8-3-11(16(18)19)10-14(15)17(20)21/h1,3-8,10H,9H2,(H,18,19). The van der Waals surface area contributed by atoms with Gasteiger partial charge in [-0.1, -0.05) is 17.7 Å². The summed E-state index contributed by atoms with van der Waals surface area (Å²) in [7, 11) is 0. The Morgan fingerprint density at radius 1 is 1.30 bits per heavy atom. The van der Waals surface area contributed by atoms with Crippen molar-refractivity contribution in [2.45, 2.75) is 9.79 Å². The first-order valence-corrected chi connectivity index (χ1v) is 7.19. The van der Waals surface area contributed by atoms with Gasteiger partial charge in [0.25, 0.3) is 5.69 Å². The second-order valence-corrected chi connectivity index (χ2v) is 5.43. The van der Waals surface area contributed by atoms with Crippen molar-refractivity contribution in [3.05, 3.63) is 58.1 Å². The number of carboxylic acids is 1. The van der Waals surface area contributed by atoms with Crippen LogP contribution in [-0.4, -0.2) is 22.6 Å². The molecular weight excluding hydrogens is 318 g/mol. The molecule has 0 aliphatic heterocycles. The fourth-order valence-corrected chi connectivity index (χ4v) is 2.64. The number of ether oxygens (including phenoxy) is 1. The Hall–Kier alpha value is -2.98. The number of nitro groups is 1. The molecule has 0 radical (unpaired) electrons. The molecule has 2 rings (SSSR count). The Morgan fingerprint density at radius 2 is 2.00 bits per heavy atom. The first kappa shape index (κ1) is 16.4. The summed E-state index contributed by atoms with van der Waals surface area (Å²) < 4.78 is 5.25. The van der Waals surface area contributed by atoms with Crippen molar-refractivity contribution in [2.24, 2.45) is 0 Å². The number of terminal acetylenes is 1. The van der Waals surface area contributed by atoms with Crippen LogP contribution in [0.15, 0.2) is 52.3 Å². The van der Waals surface area contributed by atoms with Gasteiger partial charge in [0.2, 0.25) is 0 Å². The summed E-state index contributed by atoms with van der Waals surface area (Å²) in [6.07, 6.45) is 5.10. The highest BCUT2D eigenvalue weighted by Gasteiger charge is 2.18. The monoisotopic (exact) mass is 329 g/mol. The molecule has 0 unspecified atom stereocenters. The molecule has 0 spiro atoms. The van der Waals surface area contributed by atoms with Crippen LogP contribution in [0.4, 0.5) is 5.69 Å². The van der Waals surface area contributed by atoms with E-state index in [1.807, 2.05) is 0 Å². The van der Waals surface area contributed by atoms with E-state index in [0.717, 1.165) is 11.0 Å². The third kappa shape index (κ3) is 4.25. The lowest BCUT2D eigenvalue weighted by Gasteiger charge is -2.06. The fourth-order valence-electron chi connectivity index (χ4n) is 1.74. The molecule has 6 nitrogen and oxygen atoms in total. The van der Waals surface area contributed by atoms with Gasteiger partial charge in [-0.3, -0.25) is 10.1 Å². The van der Waals surface area contributed by atoms with Crippen LogP contribution in [-0.2, 0) is 0 Å². The van der Waals surface area contributed by atoms with E-state index in [9.17, 15) is 14.9 Å². The van der Waals surface area contributed by atoms with E-state index >= 15 is 0 Å². The van der Waals surface area contributed by atoms with Crippen LogP contribution in [0.3, 0.4) is 0 Å². The van der Waals surface area contributed by atoms with Crippen molar-refractivity contribution in [1.82, 2.24) is 0 Å². The summed E-state index contributed by atoms with van der Waals surface area (Å²) in [5, 5.41) is 20.0. The van der Waals surface area contributed by atoms with E-state index in [0.29, 0.717) is 10.6 Å². The predicted molar refractivity (Wildman–Crippen MR) is 84.9 cm³/mol. The molecule has 0 aromatic heterocycles. The largest absolute Gasteiger partial charge is 0.481 e. The fraction of sp³-hybridized carbons (Fsp3) is 0.0625. The molecule has 1 N–H and O–H groups in total.